The third-order valence-corrected chi connectivity index (χ3v) is 10.0. The number of likely N-dealkylation sites (tertiary alicyclic amines) is 1. The maximum Gasteiger partial charge on any atom is 0.404 e. The van der Waals surface area contributed by atoms with E-state index in [1.807, 2.05) is 0 Å². The monoisotopic (exact) mass is 687 g/mol. The zero-order valence-corrected chi connectivity index (χ0v) is 26.2. The van der Waals surface area contributed by atoms with Crippen molar-refractivity contribution in [3.63, 3.8) is 0 Å². The molecular formula is C25H27Cl2F4N5O5S2. The Morgan fingerprint density at radius 2 is 1.86 bits per heavy atom. The first-order chi connectivity index (χ1) is 19.9. The van der Waals surface area contributed by atoms with Crippen LogP contribution in [0.15, 0.2) is 21.4 Å². The highest BCUT2D eigenvalue weighted by Crippen LogP contribution is 2.43. The number of carbonyl (C=O) groups is 1. The lowest BCUT2D eigenvalue weighted by atomic mass is 10.1. The number of aliphatic hydroxyl groups is 1. The van der Waals surface area contributed by atoms with Crippen molar-refractivity contribution >= 4 is 50.5 Å². The van der Waals surface area contributed by atoms with Crippen LogP contribution in [0.5, 0.6) is 0 Å². The average molecular weight is 689 g/mol. The van der Waals surface area contributed by atoms with Gasteiger partial charge in [0.1, 0.15) is 22.8 Å². The zero-order valence-electron chi connectivity index (χ0n) is 23.0. The molecule has 0 saturated carbocycles. The van der Waals surface area contributed by atoms with Crippen LogP contribution in [0.1, 0.15) is 56.4 Å². The number of hydrogen-bond donors (Lipinski definition) is 2. The third kappa shape index (κ3) is 7.65. The molecule has 10 nitrogen and oxygen atoms in total. The van der Waals surface area contributed by atoms with E-state index in [0.717, 1.165) is 17.4 Å². The number of halogens is 6. The Morgan fingerprint density at radius 3 is 2.44 bits per heavy atom. The van der Waals surface area contributed by atoms with Crippen LogP contribution in [0.4, 0.5) is 17.6 Å². The second-order valence-electron chi connectivity index (χ2n) is 10.5. The van der Waals surface area contributed by atoms with Gasteiger partial charge >= 0.3 is 6.18 Å². The molecule has 1 fully saturated rings. The minimum absolute atomic E-state index is 0.0286. The number of nitrogens with zero attached hydrogens (tertiary/aromatic N) is 4. The van der Waals surface area contributed by atoms with Crippen molar-refractivity contribution < 1.29 is 40.3 Å². The average Bonchev–Trinajstić information content (AvgIpc) is 3.54. The van der Waals surface area contributed by atoms with Crippen molar-refractivity contribution in [3.05, 3.63) is 33.8 Å². The first-order valence-corrected chi connectivity index (χ1v) is 16.0. The number of sulfonamides is 1. The van der Waals surface area contributed by atoms with Crippen molar-refractivity contribution in [2.75, 3.05) is 13.1 Å². The zero-order chi connectivity index (χ0) is 31.9. The lowest BCUT2D eigenvalue weighted by Gasteiger charge is -2.28. The summed E-state index contributed by atoms with van der Waals surface area (Å²) in [6.45, 7) is 4.51. The fraction of sp³-hybridized carbons (Fsp3) is 0.520. The number of benzene rings is 1. The van der Waals surface area contributed by atoms with E-state index in [2.05, 4.69) is 15.2 Å². The van der Waals surface area contributed by atoms with Gasteiger partial charge in [-0.25, -0.2) is 17.8 Å². The molecule has 43 heavy (non-hydrogen) atoms. The van der Waals surface area contributed by atoms with E-state index in [-0.39, 0.29) is 70.3 Å². The van der Waals surface area contributed by atoms with Crippen molar-refractivity contribution in [3.8, 4) is 21.3 Å². The summed E-state index contributed by atoms with van der Waals surface area (Å²) < 4.78 is 86.6. The Morgan fingerprint density at radius 1 is 1.21 bits per heavy atom. The molecule has 1 aliphatic heterocycles. The number of nitrogens with one attached hydrogen (secondary N) is 1. The van der Waals surface area contributed by atoms with Gasteiger partial charge in [0.2, 0.25) is 15.9 Å². The van der Waals surface area contributed by atoms with E-state index in [1.54, 1.807) is 18.6 Å². The number of carbonyl (C=O) groups excluding carboxylic acids is 1. The van der Waals surface area contributed by atoms with Crippen LogP contribution in [0.2, 0.25) is 10.0 Å². The van der Waals surface area contributed by atoms with Gasteiger partial charge in [0.05, 0.1) is 26.9 Å². The minimum atomic E-state index is -4.84. The molecule has 1 amide bonds. The highest BCUT2D eigenvalue weighted by molar-refractivity contribution is 7.89. The summed E-state index contributed by atoms with van der Waals surface area (Å²) in [5.41, 5.74) is -1.22. The fourth-order valence-electron chi connectivity index (χ4n) is 4.27. The molecule has 236 valence electrons. The number of thiazole rings is 1. The molecule has 0 radical (unpaired) electrons. The Bertz CT molecular complexity index is 1600. The molecule has 1 aliphatic rings. The maximum absolute atomic E-state index is 13.8. The summed E-state index contributed by atoms with van der Waals surface area (Å²) in [5, 5.41) is 17.1. The molecule has 2 N–H and O–H groups in total. The van der Waals surface area contributed by atoms with Gasteiger partial charge in [-0.05, 0) is 39.2 Å². The largest absolute Gasteiger partial charge is 0.419 e. The van der Waals surface area contributed by atoms with Crippen LogP contribution in [-0.2, 0) is 16.4 Å². The maximum atomic E-state index is 13.8. The second-order valence-corrected chi connectivity index (χ2v) is 14.0. The third-order valence-electron chi connectivity index (χ3n) is 6.46. The van der Waals surface area contributed by atoms with E-state index >= 15 is 0 Å². The van der Waals surface area contributed by atoms with Crippen LogP contribution in [0.3, 0.4) is 0 Å². The molecule has 0 bridgehead atoms. The summed E-state index contributed by atoms with van der Waals surface area (Å²) >= 11 is 13.7. The molecule has 1 atom stereocenters. The van der Waals surface area contributed by atoms with E-state index in [0.29, 0.717) is 0 Å². The van der Waals surface area contributed by atoms with Crippen molar-refractivity contribution in [1.29, 1.82) is 0 Å². The molecule has 0 spiro atoms. The van der Waals surface area contributed by atoms with E-state index < -0.39 is 56.3 Å². The summed E-state index contributed by atoms with van der Waals surface area (Å²) in [6.07, 6.45) is -6.17. The van der Waals surface area contributed by atoms with Gasteiger partial charge in [-0.2, -0.15) is 17.9 Å². The Kier molecular flexibility index (Phi) is 9.79. The molecule has 3 heterocycles. The van der Waals surface area contributed by atoms with Crippen molar-refractivity contribution in [1.82, 2.24) is 24.8 Å². The Hall–Kier alpha value is -2.37. The number of aromatic nitrogens is 3. The molecule has 1 unspecified atom stereocenters. The van der Waals surface area contributed by atoms with Gasteiger partial charge in [-0.15, -0.1) is 21.5 Å². The first kappa shape index (κ1) is 33.5. The SMILES string of the molecule is CCC(NS(=O)(=O)c1ccc(-c2sc(-c3nnc(CC(C)(C)O)o3)nc2C(=O)N2CCC(F)CC2)c(Cl)c1Cl)C(F)(F)F. The quantitative estimate of drug-likeness (QED) is 0.274. The lowest BCUT2D eigenvalue weighted by molar-refractivity contribution is -0.151. The predicted octanol–water partition coefficient (Wildman–Crippen LogP) is 5.67. The summed E-state index contributed by atoms with van der Waals surface area (Å²) in [5.74, 6) is -0.540. The number of hydrogen-bond acceptors (Lipinski definition) is 9. The normalized spacial score (nSPS) is 16.1. The van der Waals surface area contributed by atoms with Crippen LogP contribution in [0.25, 0.3) is 21.3 Å². The minimum Gasteiger partial charge on any atom is -0.419 e. The Balaban J connectivity index is 1.78. The van der Waals surface area contributed by atoms with Crippen LogP contribution < -0.4 is 4.72 Å². The van der Waals surface area contributed by atoms with Gasteiger partial charge in [-0.3, -0.25) is 4.79 Å². The van der Waals surface area contributed by atoms with Crippen molar-refractivity contribution in [2.24, 2.45) is 0 Å². The molecule has 3 aromatic rings. The number of alkyl halides is 4. The topological polar surface area (TPSA) is 139 Å². The smallest absolute Gasteiger partial charge is 0.404 e. The van der Waals surface area contributed by atoms with Gasteiger partial charge in [0, 0.05) is 18.7 Å². The van der Waals surface area contributed by atoms with Crippen LogP contribution in [0, 0.1) is 0 Å². The van der Waals surface area contributed by atoms with Gasteiger partial charge < -0.3 is 14.4 Å². The summed E-state index contributed by atoms with van der Waals surface area (Å²) in [6, 6.07) is -0.178. The van der Waals surface area contributed by atoms with Crippen LogP contribution in [-0.4, -0.2) is 76.6 Å². The van der Waals surface area contributed by atoms with E-state index in [4.69, 9.17) is 27.6 Å². The predicted molar refractivity (Wildman–Crippen MR) is 151 cm³/mol. The van der Waals surface area contributed by atoms with Crippen LogP contribution >= 0.6 is 34.5 Å². The first-order valence-electron chi connectivity index (χ1n) is 13.0. The van der Waals surface area contributed by atoms with E-state index in [9.17, 15) is 35.9 Å². The molecule has 4 rings (SSSR count). The number of rotatable bonds is 9. The highest BCUT2D eigenvalue weighted by Gasteiger charge is 2.41. The molecule has 2 aromatic heterocycles. The summed E-state index contributed by atoms with van der Waals surface area (Å²) in [7, 11) is -4.77. The van der Waals surface area contributed by atoms with Gasteiger partial charge in [0.25, 0.3) is 11.8 Å². The lowest BCUT2D eigenvalue weighted by Crippen LogP contribution is -2.44. The standard InChI is InChI=1S/C25H27Cl2F4N5O5S2/c1-4-15(25(29,30)31)35-43(39,40)14-6-5-13(17(26)18(14)27)20-19(23(37)36-9-7-12(28)8-10-36)32-22(42-20)21-34-33-16(41-21)11-24(2,3)38/h5-6,12,15,35,38H,4,7-11H2,1-3H3. The molecule has 1 saturated heterocycles. The van der Waals surface area contributed by atoms with E-state index in [1.165, 1.54) is 17.9 Å². The molecular weight excluding hydrogens is 661 g/mol. The fourth-order valence-corrected chi connectivity index (χ4v) is 7.51. The molecule has 0 aliphatic carbocycles. The molecule has 1 aromatic carbocycles. The number of amides is 1. The highest BCUT2D eigenvalue weighted by atomic mass is 35.5. The summed E-state index contributed by atoms with van der Waals surface area (Å²) in [4.78, 5) is 18.8. The Labute approximate surface area is 258 Å². The van der Waals surface area contributed by atoms with Gasteiger partial charge in [0.15, 0.2) is 5.01 Å². The molecule has 18 heteroatoms. The van der Waals surface area contributed by atoms with Gasteiger partial charge in [-0.1, -0.05) is 36.2 Å². The second kappa shape index (κ2) is 12.6. The van der Waals surface area contributed by atoms with Crippen molar-refractivity contribution in [2.45, 2.75) is 75.3 Å². The number of piperidine rings is 1.